The van der Waals surface area contributed by atoms with E-state index < -0.39 is 11.2 Å². The number of aromatic nitrogens is 6. The van der Waals surface area contributed by atoms with Crippen LogP contribution in [0.4, 0.5) is 5.95 Å². The fraction of sp³-hybridized carbons (Fsp3) is 0.500. The van der Waals surface area contributed by atoms with E-state index in [1.54, 1.807) is 29.8 Å². The summed E-state index contributed by atoms with van der Waals surface area (Å²) in [4.78, 5) is 35.5. The van der Waals surface area contributed by atoms with Crippen molar-refractivity contribution < 1.29 is 4.42 Å². The molecule has 2 aliphatic rings. The van der Waals surface area contributed by atoms with E-state index in [0.717, 1.165) is 56.3 Å². The van der Waals surface area contributed by atoms with Crippen LogP contribution < -0.4 is 21.5 Å². The quantitative estimate of drug-likeness (QED) is 0.361. The maximum atomic E-state index is 13.3. The molecule has 3 aromatic heterocycles. The molecule has 0 amide bonds. The Morgan fingerprint density at radius 2 is 1.75 bits per heavy atom. The van der Waals surface area contributed by atoms with Gasteiger partial charge in [-0.3, -0.25) is 23.4 Å². The van der Waals surface area contributed by atoms with Gasteiger partial charge in [0.1, 0.15) is 6.54 Å². The number of anilines is 1. The Morgan fingerprint density at radius 3 is 2.48 bits per heavy atom. The Kier molecular flexibility index (Phi) is 7.43. The highest BCUT2D eigenvalue weighted by atomic mass is 35.5. The van der Waals surface area contributed by atoms with Crippen molar-refractivity contribution in [3.63, 3.8) is 0 Å². The summed E-state index contributed by atoms with van der Waals surface area (Å²) in [7, 11) is 3.09. The predicted molar refractivity (Wildman–Crippen MR) is 153 cm³/mol. The zero-order valence-electron chi connectivity index (χ0n) is 22.4. The van der Waals surface area contributed by atoms with Gasteiger partial charge in [-0.2, -0.15) is 4.98 Å². The molecule has 1 aromatic carbocycles. The fourth-order valence-electron chi connectivity index (χ4n) is 5.58. The Morgan fingerprint density at radius 1 is 1.00 bits per heavy atom. The summed E-state index contributed by atoms with van der Waals surface area (Å²) in [6.45, 7) is 6.68. The zero-order valence-corrected chi connectivity index (χ0v) is 24.0. The van der Waals surface area contributed by atoms with Crippen molar-refractivity contribution in [2.24, 2.45) is 20.0 Å². The molecule has 0 radical (unpaired) electrons. The van der Waals surface area contributed by atoms with Crippen LogP contribution in [0.5, 0.6) is 0 Å². The number of nitrogens with zero attached hydrogens (tertiary/aromatic N) is 8. The van der Waals surface area contributed by atoms with Crippen molar-refractivity contribution in [3.8, 4) is 11.5 Å². The number of hydrogen-bond acceptors (Lipinski definition) is 9. The van der Waals surface area contributed by atoms with E-state index in [9.17, 15) is 9.59 Å². The highest BCUT2D eigenvalue weighted by Gasteiger charge is 2.28. The number of nitrogens with one attached hydrogen (secondary N) is 1. The number of halogens is 2. The monoisotopic (exact) mass is 587 g/mol. The van der Waals surface area contributed by atoms with Gasteiger partial charge in [0, 0.05) is 52.4 Å². The number of imidazole rings is 1. The average Bonchev–Trinajstić information content (AvgIpc) is 3.59. The lowest BCUT2D eigenvalue weighted by Crippen LogP contribution is -2.49. The summed E-state index contributed by atoms with van der Waals surface area (Å²) in [5, 5.41) is 12.7. The number of fused-ring (bicyclic) bond motifs is 1. The first kappa shape index (κ1) is 27.0. The smallest absolute Gasteiger partial charge is 0.332 e. The van der Waals surface area contributed by atoms with E-state index in [1.807, 2.05) is 0 Å². The third-order valence-corrected chi connectivity index (χ3v) is 8.62. The van der Waals surface area contributed by atoms with Crippen molar-refractivity contribution in [1.29, 1.82) is 0 Å². The van der Waals surface area contributed by atoms with Gasteiger partial charge in [-0.25, -0.2) is 4.79 Å². The Hall–Kier alpha value is -3.19. The summed E-state index contributed by atoms with van der Waals surface area (Å²) >= 11 is 12.2. The maximum absolute atomic E-state index is 13.3. The van der Waals surface area contributed by atoms with Crippen molar-refractivity contribution in [3.05, 3.63) is 55.0 Å². The number of aryl methyl sites for hydroxylation is 1. The number of hydrogen-bond donors (Lipinski definition) is 1. The standard InChI is InChI=1S/C26H31Cl2N9O3/c1-33-22-21(24(38)34(2)26(33)39)37(15-20-31-32-23(40-20)17-3-4-18(27)19(28)13-17)25(30-22)36-11-9-35(10-12-36)14-16-5-7-29-8-6-16/h3-4,13,16,29H,5-12,14-15H2,1-2H3. The van der Waals surface area contributed by atoms with E-state index in [4.69, 9.17) is 32.6 Å². The molecule has 12 nitrogen and oxygen atoms in total. The first-order valence-corrected chi connectivity index (χ1v) is 14.2. The van der Waals surface area contributed by atoms with E-state index in [2.05, 4.69) is 25.3 Å². The van der Waals surface area contributed by atoms with Crippen LogP contribution in [0.25, 0.3) is 22.6 Å². The molecular weight excluding hydrogens is 557 g/mol. The minimum absolute atomic E-state index is 0.114. The van der Waals surface area contributed by atoms with Gasteiger partial charge in [0.15, 0.2) is 11.2 Å². The second kappa shape index (κ2) is 11.0. The third-order valence-electron chi connectivity index (χ3n) is 7.88. The van der Waals surface area contributed by atoms with Crippen LogP contribution in [-0.2, 0) is 20.6 Å². The van der Waals surface area contributed by atoms with Crippen molar-refractivity contribution in [2.75, 3.05) is 50.7 Å². The molecule has 212 valence electrons. The maximum Gasteiger partial charge on any atom is 0.332 e. The van der Waals surface area contributed by atoms with Gasteiger partial charge in [0.25, 0.3) is 5.56 Å². The minimum atomic E-state index is -0.430. The molecule has 4 aromatic rings. The lowest BCUT2D eigenvalue weighted by atomic mass is 9.97. The molecule has 0 bridgehead atoms. The molecule has 1 N–H and O–H groups in total. The number of rotatable bonds is 6. The van der Waals surface area contributed by atoms with E-state index >= 15 is 0 Å². The molecule has 2 saturated heterocycles. The molecule has 0 saturated carbocycles. The molecule has 2 aliphatic heterocycles. The van der Waals surface area contributed by atoms with Crippen molar-refractivity contribution in [2.45, 2.75) is 19.4 Å². The third kappa shape index (κ3) is 5.05. The molecule has 6 rings (SSSR count). The number of piperazine rings is 1. The highest BCUT2D eigenvalue weighted by molar-refractivity contribution is 6.42. The molecule has 5 heterocycles. The molecule has 40 heavy (non-hydrogen) atoms. The van der Waals surface area contributed by atoms with Gasteiger partial charge in [0.05, 0.1) is 10.0 Å². The predicted octanol–water partition coefficient (Wildman–Crippen LogP) is 1.96. The van der Waals surface area contributed by atoms with Crippen LogP contribution in [0.15, 0.2) is 32.2 Å². The largest absolute Gasteiger partial charge is 0.419 e. The highest BCUT2D eigenvalue weighted by Crippen LogP contribution is 2.29. The molecular formula is C26H31Cl2N9O3. The van der Waals surface area contributed by atoms with Gasteiger partial charge in [-0.05, 0) is 50.0 Å². The van der Waals surface area contributed by atoms with Crippen molar-refractivity contribution >= 4 is 40.3 Å². The van der Waals surface area contributed by atoms with Gasteiger partial charge in [-0.15, -0.1) is 10.2 Å². The summed E-state index contributed by atoms with van der Waals surface area (Å²) < 4.78 is 10.3. The minimum Gasteiger partial charge on any atom is -0.419 e. The second-order valence-corrected chi connectivity index (χ2v) is 11.3. The SMILES string of the molecule is Cn1c(=O)c2c(nc(N3CCN(CC4CCNCC4)CC3)n2Cc2nnc(-c3ccc(Cl)c(Cl)c3)o2)n(C)c1=O. The summed E-state index contributed by atoms with van der Waals surface area (Å²) in [6, 6.07) is 5.08. The topological polar surface area (TPSA) is 119 Å². The van der Waals surface area contributed by atoms with Crippen LogP contribution in [0.2, 0.25) is 10.0 Å². The fourth-order valence-corrected chi connectivity index (χ4v) is 5.88. The molecule has 0 atom stereocenters. The molecule has 14 heteroatoms. The summed E-state index contributed by atoms with van der Waals surface area (Å²) in [5.74, 6) is 1.90. The number of piperidine rings is 1. The van der Waals surface area contributed by atoms with Crippen LogP contribution in [0.3, 0.4) is 0 Å². The van der Waals surface area contributed by atoms with Gasteiger partial charge in [0.2, 0.25) is 17.7 Å². The van der Waals surface area contributed by atoms with Gasteiger partial charge in [-0.1, -0.05) is 23.2 Å². The Balaban J connectivity index is 1.32. The summed E-state index contributed by atoms with van der Waals surface area (Å²) in [5.41, 5.74) is 0.410. The lowest BCUT2D eigenvalue weighted by Gasteiger charge is -2.37. The Labute approximate surface area is 240 Å². The van der Waals surface area contributed by atoms with Crippen LogP contribution in [0.1, 0.15) is 18.7 Å². The Bertz CT molecular complexity index is 1660. The second-order valence-electron chi connectivity index (χ2n) is 10.5. The average molecular weight is 589 g/mol. The lowest BCUT2D eigenvalue weighted by molar-refractivity contribution is 0.195. The van der Waals surface area contributed by atoms with Gasteiger partial charge >= 0.3 is 5.69 Å². The van der Waals surface area contributed by atoms with E-state index in [-0.39, 0.29) is 12.4 Å². The normalized spacial score (nSPS) is 17.2. The van der Waals surface area contributed by atoms with Gasteiger partial charge < -0.3 is 14.6 Å². The van der Waals surface area contributed by atoms with Crippen LogP contribution >= 0.6 is 23.2 Å². The number of benzene rings is 1. The molecule has 0 spiro atoms. The van der Waals surface area contributed by atoms with Crippen molar-refractivity contribution in [1.82, 2.24) is 39.1 Å². The zero-order chi connectivity index (χ0) is 28.0. The first-order chi connectivity index (χ1) is 19.3. The molecule has 2 fully saturated rings. The first-order valence-electron chi connectivity index (χ1n) is 13.4. The summed E-state index contributed by atoms with van der Waals surface area (Å²) in [6.07, 6.45) is 2.42. The van der Waals surface area contributed by atoms with Crippen LogP contribution in [0, 0.1) is 5.92 Å². The molecule has 0 unspecified atom stereocenters. The molecule has 0 aliphatic carbocycles. The van der Waals surface area contributed by atoms with E-state index in [0.29, 0.717) is 38.6 Å². The van der Waals surface area contributed by atoms with Crippen LogP contribution in [-0.4, -0.2) is 79.6 Å². The van der Waals surface area contributed by atoms with E-state index in [1.165, 1.54) is 24.5 Å².